The molecule has 0 saturated heterocycles. The Labute approximate surface area is 128 Å². The van der Waals surface area contributed by atoms with Gasteiger partial charge in [0.2, 0.25) is 0 Å². The summed E-state index contributed by atoms with van der Waals surface area (Å²) in [6, 6.07) is 0. The molecule has 0 fully saturated rings. The third-order valence-electron chi connectivity index (χ3n) is 3.28. The zero-order valence-corrected chi connectivity index (χ0v) is 13.5. The molecular formula is C15H19N3O2S. The van der Waals surface area contributed by atoms with Crippen LogP contribution in [0.4, 0.5) is 5.82 Å². The molecule has 0 amide bonds. The average Bonchev–Trinajstić information content (AvgIpc) is 2.72. The molecule has 2 aromatic rings. The summed E-state index contributed by atoms with van der Waals surface area (Å²) in [7, 11) is 0. The minimum atomic E-state index is -0.924. The predicted molar refractivity (Wildman–Crippen MR) is 86.4 cm³/mol. The van der Waals surface area contributed by atoms with Crippen LogP contribution in [0.5, 0.6) is 0 Å². The summed E-state index contributed by atoms with van der Waals surface area (Å²) in [5.41, 5.74) is 0.559. The summed E-state index contributed by atoms with van der Waals surface area (Å²) in [6.45, 7) is 12.5. The van der Waals surface area contributed by atoms with Crippen LogP contribution < -0.4 is 4.90 Å². The number of aryl methyl sites for hydroxylation is 1. The van der Waals surface area contributed by atoms with Crippen molar-refractivity contribution in [3.05, 3.63) is 29.4 Å². The number of hydrogen-bond acceptors (Lipinski definition) is 5. The van der Waals surface area contributed by atoms with Crippen molar-refractivity contribution in [1.29, 1.82) is 0 Å². The van der Waals surface area contributed by atoms with Crippen molar-refractivity contribution in [1.82, 2.24) is 9.97 Å². The van der Waals surface area contributed by atoms with E-state index in [-0.39, 0.29) is 5.54 Å². The second-order valence-electron chi connectivity index (χ2n) is 5.81. The fourth-order valence-electron chi connectivity index (χ4n) is 2.27. The maximum Gasteiger partial charge on any atom is 0.346 e. The van der Waals surface area contributed by atoms with Gasteiger partial charge in [-0.2, -0.15) is 0 Å². The highest BCUT2D eigenvalue weighted by molar-refractivity contribution is 7.20. The number of hydrogen-bond donors (Lipinski definition) is 1. The van der Waals surface area contributed by atoms with Gasteiger partial charge in [0.1, 0.15) is 21.9 Å². The first kappa shape index (κ1) is 15.4. The molecule has 0 atom stereocenters. The Morgan fingerprint density at radius 2 is 2.14 bits per heavy atom. The summed E-state index contributed by atoms with van der Waals surface area (Å²) in [5, 5.41) is 10.1. The Bertz CT molecular complexity index is 701. The molecule has 0 aromatic carbocycles. The minimum Gasteiger partial charge on any atom is -0.477 e. The molecule has 0 radical (unpaired) electrons. The number of rotatable bonds is 4. The van der Waals surface area contributed by atoms with Crippen LogP contribution in [0.3, 0.4) is 0 Å². The van der Waals surface area contributed by atoms with Gasteiger partial charge in [-0.25, -0.2) is 14.8 Å². The van der Waals surface area contributed by atoms with Crippen molar-refractivity contribution < 1.29 is 9.90 Å². The molecule has 0 bridgehead atoms. The molecule has 2 heterocycles. The van der Waals surface area contributed by atoms with Gasteiger partial charge in [0.25, 0.3) is 0 Å². The predicted octanol–water partition coefficient (Wildman–Crippen LogP) is 3.49. The topological polar surface area (TPSA) is 66.3 Å². The van der Waals surface area contributed by atoms with E-state index in [0.717, 1.165) is 16.8 Å². The van der Waals surface area contributed by atoms with E-state index in [1.54, 1.807) is 0 Å². The maximum atomic E-state index is 11.3. The van der Waals surface area contributed by atoms with Gasteiger partial charge in [-0.3, -0.25) is 0 Å². The molecule has 0 unspecified atom stereocenters. The van der Waals surface area contributed by atoms with Crippen LogP contribution in [0.25, 0.3) is 10.2 Å². The molecule has 0 aliphatic rings. The van der Waals surface area contributed by atoms with Crippen LogP contribution in [0.15, 0.2) is 19.0 Å². The van der Waals surface area contributed by atoms with Crippen molar-refractivity contribution in [2.24, 2.45) is 0 Å². The van der Waals surface area contributed by atoms with E-state index in [0.29, 0.717) is 16.3 Å². The number of aromatic nitrogens is 2. The highest BCUT2D eigenvalue weighted by atomic mass is 32.1. The highest BCUT2D eigenvalue weighted by Crippen LogP contribution is 2.36. The Morgan fingerprint density at radius 3 is 2.67 bits per heavy atom. The van der Waals surface area contributed by atoms with Gasteiger partial charge in [0.15, 0.2) is 0 Å². The molecule has 2 rings (SSSR count). The number of carboxylic acids is 1. The Morgan fingerprint density at radius 1 is 1.48 bits per heavy atom. The normalized spacial score (nSPS) is 11.6. The van der Waals surface area contributed by atoms with Gasteiger partial charge >= 0.3 is 5.97 Å². The zero-order valence-electron chi connectivity index (χ0n) is 12.7. The molecule has 0 aliphatic heterocycles. The van der Waals surface area contributed by atoms with E-state index in [2.05, 4.69) is 42.2 Å². The number of aromatic carboxylic acids is 1. The van der Waals surface area contributed by atoms with E-state index in [9.17, 15) is 9.90 Å². The van der Waals surface area contributed by atoms with Crippen molar-refractivity contribution in [2.45, 2.75) is 33.2 Å². The fraction of sp³-hybridized carbons (Fsp3) is 0.400. The first-order chi connectivity index (χ1) is 9.77. The lowest BCUT2D eigenvalue weighted by atomic mass is 10.0. The van der Waals surface area contributed by atoms with Crippen LogP contribution >= 0.6 is 11.3 Å². The molecule has 0 aliphatic carbocycles. The first-order valence-corrected chi connectivity index (χ1v) is 7.45. The molecule has 21 heavy (non-hydrogen) atoms. The van der Waals surface area contributed by atoms with Gasteiger partial charge in [0, 0.05) is 12.1 Å². The van der Waals surface area contributed by atoms with Crippen molar-refractivity contribution >= 4 is 33.3 Å². The molecular weight excluding hydrogens is 286 g/mol. The molecule has 2 aromatic heterocycles. The van der Waals surface area contributed by atoms with Crippen LogP contribution in [-0.2, 0) is 0 Å². The number of fused-ring (bicyclic) bond motifs is 1. The van der Waals surface area contributed by atoms with Gasteiger partial charge in [-0.15, -0.1) is 17.9 Å². The number of nitrogens with zero attached hydrogens (tertiary/aromatic N) is 3. The number of carboxylic acid groups (broad SMARTS) is 1. The van der Waals surface area contributed by atoms with E-state index >= 15 is 0 Å². The van der Waals surface area contributed by atoms with Crippen molar-refractivity contribution in [3.63, 3.8) is 0 Å². The van der Waals surface area contributed by atoms with Crippen LogP contribution in [0.1, 0.15) is 36.0 Å². The number of thiophene rings is 1. The lowest BCUT2D eigenvalue weighted by Gasteiger charge is -2.36. The third-order valence-corrected chi connectivity index (χ3v) is 4.47. The van der Waals surface area contributed by atoms with Gasteiger partial charge < -0.3 is 10.0 Å². The SMILES string of the molecule is C=CCN(c1ncnc2sc(C(=O)O)c(C)c12)C(C)(C)C. The molecule has 6 heteroatoms. The smallest absolute Gasteiger partial charge is 0.346 e. The molecule has 5 nitrogen and oxygen atoms in total. The Kier molecular flexibility index (Phi) is 4.00. The van der Waals surface area contributed by atoms with Crippen LogP contribution in [-0.4, -0.2) is 33.1 Å². The number of anilines is 1. The average molecular weight is 305 g/mol. The summed E-state index contributed by atoms with van der Waals surface area (Å²) < 4.78 is 0. The van der Waals surface area contributed by atoms with Gasteiger partial charge in [-0.1, -0.05) is 6.08 Å². The second-order valence-corrected chi connectivity index (χ2v) is 6.81. The van der Waals surface area contributed by atoms with E-state index in [4.69, 9.17) is 0 Å². The van der Waals surface area contributed by atoms with E-state index in [1.807, 2.05) is 13.0 Å². The quantitative estimate of drug-likeness (QED) is 0.876. The minimum absolute atomic E-state index is 0.159. The maximum absolute atomic E-state index is 11.3. The van der Waals surface area contributed by atoms with Crippen LogP contribution in [0.2, 0.25) is 0 Å². The van der Waals surface area contributed by atoms with E-state index in [1.165, 1.54) is 17.7 Å². The summed E-state index contributed by atoms with van der Waals surface area (Å²) in [6.07, 6.45) is 3.31. The summed E-state index contributed by atoms with van der Waals surface area (Å²) in [5.74, 6) is -0.166. The van der Waals surface area contributed by atoms with Crippen molar-refractivity contribution in [2.75, 3.05) is 11.4 Å². The molecule has 0 spiro atoms. The van der Waals surface area contributed by atoms with Gasteiger partial charge in [-0.05, 0) is 33.3 Å². The number of carbonyl (C=O) groups is 1. The second kappa shape index (κ2) is 5.44. The molecule has 0 saturated carbocycles. The van der Waals surface area contributed by atoms with Crippen LogP contribution in [0, 0.1) is 6.92 Å². The van der Waals surface area contributed by atoms with Gasteiger partial charge in [0.05, 0.1) is 5.39 Å². The standard InChI is InChI=1S/C15H19N3O2S/c1-6-7-18(15(3,4)5)12-10-9(2)11(14(19)20)21-13(10)17-8-16-12/h6,8H,1,7H2,2-5H3,(H,19,20). The third kappa shape index (κ3) is 2.76. The molecule has 1 N–H and O–H groups in total. The lowest BCUT2D eigenvalue weighted by Crippen LogP contribution is -2.42. The fourth-order valence-corrected chi connectivity index (χ4v) is 3.25. The largest absolute Gasteiger partial charge is 0.477 e. The highest BCUT2D eigenvalue weighted by Gasteiger charge is 2.26. The zero-order chi connectivity index (χ0) is 15.8. The summed E-state index contributed by atoms with van der Waals surface area (Å²) >= 11 is 1.19. The summed E-state index contributed by atoms with van der Waals surface area (Å²) in [4.78, 5) is 23.1. The Hall–Kier alpha value is -1.95. The van der Waals surface area contributed by atoms with Crippen molar-refractivity contribution in [3.8, 4) is 0 Å². The van der Waals surface area contributed by atoms with E-state index < -0.39 is 5.97 Å². The first-order valence-electron chi connectivity index (χ1n) is 6.63. The lowest BCUT2D eigenvalue weighted by molar-refractivity contribution is 0.0701. The monoisotopic (exact) mass is 305 g/mol. The Balaban J connectivity index is 2.74. The molecule has 112 valence electrons.